The number of hydrogen-bond donors (Lipinski definition) is 3. The highest BCUT2D eigenvalue weighted by Gasteiger charge is 2.20. The van der Waals surface area contributed by atoms with Crippen LogP contribution in [-0.2, 0) is 14.3 Å². The van der Waals surface area contributed by atoms with E-state index in [0.717, 1.165) is 38.5 Å². The van der Waals surface area contributed by atoms with Gasteiger partial charge in [-0.1, -0.05) is 502 Å². The summed E-state index contributed by atoms with van der Waals surface area (Å²) in [6, 6.07) is -0.537. The van der Waals surface area contributed by atoms with Crippen molar-refractivity contribution in [1.29, 1.82) is 0 Å². The van der Waals surface area contributed by atoms with Crippen molar-refractivity contribution < 1.29 is 24.5 Å². The minimum absolute atomic E-state index is 0.0218. The summed E-state index contributed by atoms with van der Waals surface area (Å²) in [7, 11) is 0. The van der Waals surface area contributed by atoms with E-state index in [9.17, 15) is 19.8 Å². The van der Waals surface area contributed by atoms with Crippen molar-refractivity contribution in [3.63, 3.8) is 0 Å². The molecule has 0 saturated heterocycles. The van der Waals surface area contributed by atoms with E-state index in [1.165, 1.54) is 469 Å². The molecule has 3 N–H and O–H groups in total. The summed E-state index contributed by atoms with van der Waals surface area (Å²) in [4.78, 5) is 24.7. The molecule has 6 nitrogen and oxygen atoms in total. The lowest BCUT2D eigenvalue weighted by Gasteiger charge is -2.22. The van der Waals surface area contributed by atoms with E-state index in [-0.39, 0.29) is 18.5 Å². The van der Waals surface area contributed by atoms with E-state index < -0.39 is 12.1 Å². The predicted octanol–water partition coefficient (Wildman–Crippen LogP) is 30.4. The first kappa shape index (κ1) is 94.9. The van der Waals surface area contributed by atoms with Crippen LogP contribution >= 0.6 is 0 Å². The minimum Gasteiger partial charge on any atom is -0.466 e. The van der Waals surface area contributed by atoms with Gasteiger partial charge in [-0.2, -0.15) is 0 Å². The third-order valence-electron chi connectivity index (χ3n) is 21.9. The van der Waals surface area contributed by atoms with Crippen LogP contribution in [0.2, 0.25) is 0 Å². The highest BCUT2D eigenvalue weighted by atomic mass is 16.5. The van der Waals surface area contributed by atoms with Crippen molar-refractivity contribution in [1.82, 2.24) is 5.32 Å². The van der Waals surface area contributed by atoms with Crippen LogP contribution in [0.15, 0.2) is 0 Å². The molecule has 0 heterocycles. The molecule has 2 atom stereocenters. The molecule has 0 aliphatic rings. The minimum atomic E-state index is -0.661. The molecule has 0 spiro atoms. The maximum absolute atomic E-state index is 12.6. The number of carbonyl (C=O) groups is 2. The molecule has 1 amide bonds. The zero-order chi connectivity index (χ0) is 69.1. The molecule has 0 aromatic heterocycles. The van der Waals surface area contributed by atoms with Crippen LogP contribution in [0.4, 0.5) is 0 Å². The van der Waals surface area contributed by atoms with Crippen molar-refractivity contribution in [2.75, 3.05) is 13.2 Å². The third-order valence-corrected chi connectivity index (χ3v) is 21.9. The van der Waals surface area contributed by atoms with Crippen molar-refractivity contribution in [3.8, 4) is 0 Å². The van der Waals surface area contributed by atoms with Crippen LogP contribution in [-0.4, -0.2) is 47.4 Å². The molecule has 0 aromatic carbocycles. The smallest absolute Gasteiger partial charge is 0.305 e. The number of aliphatic hydroxyl groups is 2. The quantitative estimate of drug-likeness (QED) is 0.0417. The van der Waals surface area contributed by atoms with Crippen molar-refractivity contribution in [3.05, 3.63) is 0 Å². The first-order valence-corrected chi connectivity index (χ1v) is 45.3. The van der Waals surface area contributed by atoms with Gasteiger partial charge in [0.1, 0.15) is 0 Å². The predicted molar refractivity (Wildman–Crippen MR) is 426 cm³/mol. The Morgan fingerprint density at radius 2 is 0.427 bits per heavy atom. The van der Waals surface area contributed by atoms with Crippen LogP contribution in [0.25, 0.3) is 0 Å². The molecule has 574 valence electrons. The van der Waals surface area contributed by atoms with Crippen LogP contribution in [0, 0.1) is 0 Å². The monoisotopic (exact) mass is 1350 g/mol. The first-order chi connectivity index (χ1) is 47.5. The number of unbranched alkanes of at least 4 members (excludes halogenated alkanes) is 76. The van der Waals surface area contributed by atoms with Gasteiger partial charge in [-0.05, 0) is 25.7 Å². The van der Waals surface area contributed by atoms with Gasteiger partial charge < -0.3 is 20.3 Å². The fraction of sp³-hybridized carbons (Fsp3) is 0.978. The van der Waals surface area contributed by atoms with Gasteiger partial charge in [0.05, 0.1) is 25.4 Å². The Balaban J connectivity index is 3.28. The average molecular weight is 1360 g/mol. The highest BCUT2D eigenvalue weighted by Crippen LogP contribution is 2.22. The van der Waals surface area contributed by atoms with Gasteiger partial charge in [-0.3, -0.25) is 9.59 Å². The number of ether oxygens (including phenoxy) is 1. The van der Waals surface area contributed by atoms with Gasteiger partial charge in [0.25, 0.3) is 0 Å². The van der Waals surface area contributed by atoms with Gasteiger partial charge in [0.15, 0.2) is 0 Å². The largest absolute Gasteiger partial charge is 0.466 e. The van der Waals surface area contributed by atoms with Crippen LogP contribution in [0.3, 0.4) is 0 Å². The number of amides is 1. The number of nitrogens with one attached hydrogen (secondary N) is 1. The molecule has 0 aliphatic heterocycles. The van der Waals surface area contributed by atoms with E-state index in [1.54, 1.807) is 0 Å². The summed E-state index contributed by atoms with van der Waals surface area (Å²) in [6.45, 7) is 5.03. The fourth-order valence-electron chi connectivity index (χ4n) is 15.1. The number of hydrogen-bond acceptors (Lipinski definition) is 5. The van der Waals surface area contributed by atoms with Crippen molar-refractivity contribution in [2.24, 2.45) is 0 Å². The maximum atomic E-state index is 12.6. The first-order valence-electron chi connectivity index (χ1n) is 45.3. The molecular formula is C90H179NO5. The molecule has 6 heteroatoms. The Kier molecular flexibility index (Phi) is 85.2. The number of rotatable bonds is 87. The molecule has 96 heavy (non-hydrogen) atoms. The van der Waals surface area contributed by atoms with E-state index in [0.29, 0.717) is 25.9 Å². The molecule has 0 radical (unpaired) electrons. The average Bonchev–Trinajstić information content (AvgIpc) is 3.00. The number of carbonyl (C=O) groups excluding carboxylic acids is 2. The SMILES string of the molecule is CCCCCCCCCCCCCCCCCCCCCCCCCC(O)C(CO)NC(=O)CCCCCCCCCCCCCCCCCCCCCCCCCCCCCCCCCCCCCCCCCOC(=O)CCCCCCCCCCCCCCCCCCC. The third kappa shape index (κ3) is 81.8. The van der Waals surface area contributed by atoms with E-state index in [4.69, 9.17) is 4.74 Å². The Bertz CT molecular complexity index is 1420. The molecular weight excluding hydrogens is 1170 g/mol. The standard InChI is InChI=1S/C90H179NO5/c1-3-5-7-9-11-13-15-17-19-21-22-23-41-44-47-51-54-58-62-66-70-74-78-82-88(93)87(86-92)91-89(94)83-79-75-71-67-63-59-55-52-48-45-42-39-37-35-33-31-29-27-25-24-26-28-30-32-34-36-38-40-43-46-49-53-57-61-65-69-73-77-81-85-96-90(95)84-80-76-72-68-64-60-56-50-20-18-16-14-12-10-8-6-4-2/h87-88,92-93H,3-86H2,1-2H3,(H,91,94). The number of esters is 1. The van der Waals surface area contributed by atoms with Crippen molar-refractivity contribution >= 4 is 11.9 Å². The van der Waals surface area contributed by atoms with Crippen LogP contribution in [0.5, 0.6) is 0 Å². The summed E-state index contributed by atoms with van der Waals surface area (Å²) in [6.07, 6.45) is 110. The number of aliphatic hydroxyl groups excluding tert-OH is 2. The second-order valence-electron chi connectivity index (χ2n) is 31.7. The lowest BCUT2D eigenvalue weighted by atomic mass is 10.0. The summed E-state index contributed by atoms with van der Waals surface area (Å²) < 4.78 is 5.52. The molecule has 0 aromatic rings. The van der Waals surface area contributed by atoms with E-state index in [2.05, 4.69) is 19.2 Å². The Hall–Kier alpha value is -1.14. The fourth-order valence-corrected chi connectivity index (χ4v) is 15.1. The maximum Gasteiger partial charge on any atom is 0.305 e. The van der Waals surface area contributed by atoms with Gasteiger partial charge >= 0.3 is 5.97 Å². The van der Waals surface area contributed by atoms with Gasteiger partial charge in [0, 0.05) is 12.8 Å². The topological polar surface area (TPSA) is 95.9 Å². The van der Waals surface area contributed by atoms with E-state index >= 15 is 0 Å². The summed E-state index contributed by atoms with van der Waals surface area (Å²) in [5.74, 6) is 0.00799. The Morgan fingerprint density at radius 1 is 0.250 bits per heavy atom. The summed E-state index contributed by atoms with van der Waals surface area (Å²) in [5, 5.41) is 23.5. The molecule has 0 rings (SSSR count). The molecule has 0 saturated carbocycles. The molecule has 0 bridgehead atoms. The second-order valence-corrected chi connectivity index (χ2v) is 31.7. The lowest BCUT2D eigenvalue weighted by molar-refractivity contribution is -0.143. The second kappa shape index (κ2) is 86.3. The normalized spacial score (nSPS) is 12.3. The Morgan fingerprint density at radius 3 is 0.635 bits per heavy atom. The van der Waals surface area contributed by atoms with E-state index in [1.807, 2.05) is 0 Å². The zero-order valence-electron chi connectivity index (χ0n) is 66.2. The van der Waals surface area contributed by atoms with Crippen LogP contribution < -0.4 is 5.32 Å². The van der Waals surface area contributed by atoms with Crippen molar-refractivity contribution in [2.45, 2.75) is 553 Å². The summed E-state index contributed by atoms with van der Waals surface area (Å²) >= 11 is 0. The van der Waals surface area contributed by atoms with Gasteiger partial charge in [-0.25, -0.2) is 0 Å². The summed E-state index contributed by atoms with van der Waals surface area (Å²) in [5.41, 5.74) is 0. The Labute approximate surface area is 604 Å². The molecule has 0 aliphatic carbocycles. The molecule has 0 fully saturated rings. The van der Waals surface area contributed by atoms with Gasteiger partial charge in [-0.15, -0.1) is 0 Å². The lowest BCUT2D eigenvalue weighted by Crippen LogP contribution is -2.45. The highest BCUT2D eigenvalue weighted by molar-refractivity contribution is 5.76. The van der Waals surface area contributed by atoms with Crippen LogP contribution in [0.1, 0.15) is 540 Å². The van der Waals surface area contributed by atoms with Gasteiger partial charge in [0.2, 0.25) is 5.91 Å². The molecule has 2 unspecified atom stereocenters. The zero-order valence-corrected chi connectivity index (χ0v) is 66.2.